The highest BCUT2D eigenvalue weighted by Crippen LogP contribution is 2.28. The Morgan fingerprint density at radius 2 is 1.48 bits per heavy atom. The molecule has 0 aliphatic heterocycles. The van der Waals surface area contributed by atoms with Crippen molar-refractivity contribution in [2.24, 2.45) is 0 Å². The predicted molar refractivity (Wildman–Crippen MR) is 132 cm³/mol. The fourth-order valence-electron chi connectivity index (χ4n) is 3.91. The van der Waals surface area contributed by atoms with E-state index >= 15 is 0 Å². The quantitative estimate of drug-likeness (QED) is 0.306. The molecule has 0 atom stereocenters. The fourth-order valence-corrected chi connectivity index (χ4v) is 4.03. The molecule has 1 N–H and O–H groups in total. The molecule has 0 fully saturated rings. The standard InChI is InChI=1S/C28H21ClN2O2/c29-22-13-11-19(12-14-22)17-26-31-24-18-23(15-16-25(24)33-26)30-28(32)27(20-7-3-1-4-8-20)21-9-5-2-6-10-21/h1-16,18,27H,17H2,(H,30,32). The molecule has 0 aliphatic carbocycles. The fraction of sp³-hybridized carbons (Fsp3) is 0.0714. The first kappa shape index (κ1) is 21.0. The number of amides is 1. The zero-order chi connectivity index (χ0) is 22.6. The molecule has 5 rings (SSSR count). The van der Waals surface area contributed by atoms with Crippen LogP contribution in [0.1, 0.15) is 28.5 Å². The zero-order valence-electron chi connectivity index (χ0n) is 17.7. The summed E-state index contributed by atoms with van der Waals surface area (Å²) < 4.78 is 5.89. The molecule has 162 valence electrons. The second-order valence-electron chi connectivity index (χ2n) is 7.84. The van der Waals surface area contributed by atoms with Crippen LogP contribution in [-0.4, -0.2) is 10.9 Å². The van der Waals surface area contributed by atoms with Gasteiger partial charge in [0, 0.05) is 17.1 Å². The Labute approximate surface area is 196 Å². The van der Waals surface area contributed by atoms with Gasteiger partial charge >= 0.3 is 0 Å². The molecule has 4 aromatic carbocycles. The molecule has 5 heteroatoms. The van der Waals surface area contributed by atoms with E-state index in [9.17, 15) is 4.79 Å². The first-order chi connectivity index (χ1) is 16.2. The Balaban J connectivity index is 1.39. The highest BCUT2D eigenvalue weighted by molar-refractivity contribution is 6.30. The molecular weight excluding hydrogens is 432 g/mol. The summed E-state index contributed by atoms with van der Waals surface area (Å²) in [6.45, 7) is 0. The minimum atomic E-state index is -0.416. The average Bonchev–Trinajstić information content (AvgIpc) is 3.24. The van der Waals surface area contributed by atoms with Crippen molar-refractivity contribution in [2.75, 3.05) is 5.32 Å². The molecule has 33 heavy (non-hydrogen) atoms. The van der Waals surface area contributed by atoms with Gasteiger partial charge in [-0.1, -0.05) is 84.4 Å². The normalized spacial score (nSPS) is 11.1. The summed E-state index contributed by atoms with van der Waals surface area (Å²) >= 11 is 5.96. The SMILES string of the molecule is O=C(Nc1ccc2oc(Cc3ccc(Cl)cc3)nc2c1)C(c1ccccc1)c1ccccc1. The van der Waals surface area contributed by atoms with E-state index in [1.54, 1.807) is 0 Å². The van der Waals surface area contributed by atoms with Crippen molar-refractivity contribution in [1.82, 2.24) is 4.98 Å². The lowest BCUT2D eigenvalue weighted by Gasteiger charge is -2.18. The van der Waals surface area contributed by atoms with Crippen LogP contribution in [-0.2, 0) is 11.2 Å². The van der Waals surface area contributed by atoms with Gasteiger partial charge in [-0.05, 0) is 47.0 Å². The van der Waals surface area contributed by atoms with Crippen molar-refractivity contribution in [3.8, 4) is 0 Å². The van der Waals surface area contributed by atoms with Crippen molar-refractivity contribution in [3.05, 3.63) is 131 Å². The van der Waals surface area contributed by atoms with Gasteiger partial charge < -0.3 is 9.73 Å². The van der Waals surface area contributed by atoms with Crippen molar-refractivity contribution < 1.29 is 9.21 Å². The number of hydrogen-bond acceptors (Lipinski definition) is 3. The smallest absolute Gasteiger partial charge is 0.236 e. The first-order valence-corrected chi connectivity index (χ1v) is 11.1. The van der Waals surface area contributed by atoms with Gasteiger partial charge in [-0.3, -0.25) is 4.79 Å². The van der Waals surface area contributed by atoms with Crippen LogP contribution in [0.2, 0.25) is 5.02 Å². The Bertz CT molecular complexity index is 1340. The Morgan fingerprint density at radius 1 is 0.848 bits per heavy atom. The summed E-state index contributed by atoms with van der Waals surface area (Å²) in [4.78, 5) is 18.0. The molecule has 4 nitrogen and oxygen atoms in total. The third-order valence-corrected chi connectivity index (χ3v) is 5.75. The van der Waals surface area contributed by atoms with E-state index in [1.165, 1.54) is 0 Å². The lowest BCUT2D eigenvalue weighted by atomic mass is 9.90. The number of anilines is 1. The van der Waals surface area contributed by atoms with E-state index in [1.807, 2.05) is 103 Å². The summed E-state index contributed by atoms with van der Waals surface area (Å²) in [6.07, 6.45) is 0.567. The highest BCUT2D eigenvalue weighted by Gasteiger charge is 2.23. The van der Waals surface area contributed by atoms with Crippen LogP contribution >= 0.6 is 11.6 Å². The lowest BCUT2D eigenvalue weighted by molar-refractivity contribution is -0.116. The summed E-state index contributed by atoms with van der Waals surface area (Å²) in [5, 5.41) is 3.76. The molecule has 1 aromatic heterocycles. The monoisotopic (exact) mass is 452 g/mol. The zero-order valence-corrected chi connectivity index (χ0v) is 18.5. The molecule has 0 unspecified atom stereocenters. The van der Waals surface area contributed by atoms with Crippen molar-refractivity contribution in [1.29, 1.82) is 0 Å². The van der Waals surface area contributed by atoms with Gasteiger partial charge in [0.15, 0.2) is 11.5 Å². The minimum Gasteiger partial charge on any atom is -0.440 e. The van der Waals surface area contributed by atoms with Gasteiger partial charge in [0.05, 0.1) is 5.92 Å². The van der Waals surface area contributed by atoms with Crippen LogP contribution in [0.4, 0.5) is 5.69 Å². The topological polar surface area (TPSA) is 55.1 Å². The second-order valence-corrected chi connectivity index (χ2v) is 8.27. The highest BCUT2D eigenvalue weighted by atomic mass is 35.5. The third kappa shape index (κ3) is 4.81. The third-order valence-electron chi connectivity index (χ3n) is 5.50. The second kappa shape index (κ2) is 9.31. The van der Waals surface area contributed by atoms with Crippen molar-refractivity contribution in [3.63, 3.8) is 0 Å². The molecule has 1 heterocycles. The summed E-state index contributed by atoms with van der Waals surface area (Å²) in [6, 6.07) is 32.7. The van der Waals surface area contributed by atoms with Gasteiger partial charge in [0.1, 0.15) is 5.52 Å². The number of hydrogen-bond donors (Lipinski definition) is 1. The van der Waals surface area contributed by atoms with Crippen LogP contribution in [0.3, 0.4) is 0 Å². The van der Waals surface area contributed by atoms with E-state index < -0.39 is 5.92 Å². The van der Waals surface area contributed by atoms with Gasteiger partial charge in [0.2, 0.25) is 5.91 Å². The number of oxazole rings is 1. The lowest BCUT2D eigenvalue weighted by Crippen LogP contribution is -2.22. The number of carbonyl (C=O) groups excluding carboxylic acids is 1. The van der Waals surface area contributed by atoms with E-state index in [-0.39, 0.29) is 5.91 Å². The van der Waals surface area contributed by atoms with Gasteiger partial charge in [-0.15, -0.1) is 0 Å². The number of rotatable bonds is 6. The molecule has 0 bridgehead atoms. The number of nitrogens with zero attached hydrogens (tertiary/aromatic N) is 1. The van der Waals surface area contributed by atoms with E-state index in [0.717, 1.165) is 16.7 Å². The maximum Gasteiger partial charge on any atom is 0.236 e. The number of carbonyl (C=O) groups is 1. The minimum absolute atomic E-state index is 0.100. The number of fused-ring (bicyclic) bond motifs is 1. The van der Waals surface area contributed by atoms with Gasteiger partial charge in [-0.2, -0.15) is 0 Å². The van der Waals surface area contributed by atoms with Gasteiger partial charge in [0.25, 0.3) is 0 Å². The molecule has 0 saturated heterocycles. The maximum absolute atomic E-state index is 13.4. The summed E-state index contributed by atoms with van der Waals surface area (Å²) in [5.41, 5.74) is 5.00. The van der Waals surface area contributed by atoms with Gasteiger partial charge in [-0.25, -0.2) is 4.98 Å². The van der Waals surface area contributed by atoms with Crippen LogP contribution in [0.15, 0.2) is 108 Å². The van der Waals surface area contributed by atoms with Crippen LogP contribution in [0.5, 0.6) is 0 Å². The largest absolute Gasteiger partial charge is 0.440 e. The number of aromatic nitrogens is 1. The Hall–Kier alpha value is -3.89. The van der Waals surface area contributed by atoms with Crippen LogP contribution < -0.4 is 5.32 Å². The molecular formula is C28H21ClN2O2. The Kier molecular flexibility index (Phi) is 5.92. The molecule has 0 aliphatic rings. The molecule has 1 amide bonds. The molecule has 0 radical (unpaired) electrons. The van der Waals surface area contributed by atoms with E-state index in [0.29, 0.717) is 34.1 Å². The van der Waals surface area contributed by atoms with E-state index in [4.69, 9.17) is 16.0 Å². The van der Waals surface area contributed by atoms with Crippen molar-refractivity contribution in [2.45, 2.75) is 12.3 Å². The number of benzene rings is 4. The summed E-state index contributed by atoms with van der Waals surface area (Å²) in [7, 11) is 0. The molecule has 0 saturated carbocycles. The number of halogens is 1. The first-order valence-electron chi connectivity index (χ1n) is 10.7. The summed E-state index contributed by atoms with van der Waals surface area (Å²) in [5.74, 6) is 0.0970. The van der Waals surface area contributed by atoms with Crippen LogP contribution in [0, 0.1) is 0 Å². The maximum atomic E-state index is 13.4. The van der Waals surface area contributed by atoms with Crippen molar-refractivity contribution >= 4 is 34.3 Å². The van der Waals surface area contributed by atoms with E-state index in [2.05, 4.69) is 10.3 Å². The average molecular weight is 453 g/mol. The van der Waals surface area contributed by atoms with Crippen LogP contribution in [0.25, 0.3) is 11.1 Å². The number of nitrogens with one attached hydrogen (secondary N) is 1. The Morgan fingerprint density at radius 3 is 2.12 bits per heavy atom. The molecule has 5 aromatic rings. The predicted octanol–water partition coefficient (Wildman–Crippen LogP) is 6.84. The molecule has 0 spiro atoms.